The second-order valence-corrected chi connectivity index (χ2v) is 5.99. The molecule has 0 fully saturated rings. The van der Waals surface area contributed by atoms with Gasteiger partial charge in [0, 0.05) is 13.2 Å². The van der Waals surface area contributed by atoms with Crippen LogP contribution in [0.15, 0.2) is 17.2 Å². The van der Waals surface area contributed by atoms with E-state index < -0.39 is 34.6 Å². The van der Waals surface area contributed by atoms with Crippen LogP contribution in [0.1, 0.15) is 17.4 Å². The van der Waals surface area contributed by atoms with Gasteiger partial charge in [-0.1, -0.05) is 0 Å². The summed E-state index contributed by atoms with van der Waals surface area (Å²) in [7, 11) is -1.56. The number of methoxy groups -OCH3 is 1. The third-order valence-corrected chi connectivity index (χ3v) is 4.18. The average Bonchev–Trinajstić information content (AvgIpc) is 2.87. The highest BCUT2D eigenvalue weighted by molar-refractivity contribution is 7.89. The molecule has 0 unspecified atom stereocenters. The molecule has 10 heteroatoms. The monoisotopic (exact) mass is 334 g/mol. The SMILES string of the molecule is CCOC(=O)c1cc(S(=O)(=O)N[C@@H](CO)C(=O)OC)cn1C. The summed E-state index contributed by atoms with van der Waals surface area (Å²) >= 11 is 0. The van der Waals surface area contributed by atoms with Crippen molar-refractivity contribution in [3.8, 4) is 0 Å². The fourth-order valence-electron chi connectivity index (χ4n) is 1.65. The number of esters is 2. The van der Waals surface area contributed by atoms with Crippen molar-refractivity contribution >= 4 is 22.0 Å². The van der Waals surface area contributed by atoms with Gasteiger partial charge >= 0.3 is 11.9 Å². The van der Waals surface area contributed by atoms with E-state index in [1.165, 1.54) is 17.8 Å². The maximum absolute atomic E-state index is 12.2. The molecular weight excluding hydrogens is 316 g/mol. The molecule has 0 aliphatic heterocycles. The number of aromatic nitrogens is 1. The van der Waals surface area contributed by atoms with Crippen LogP contribution < -0.4 is 4.72 Å². The molecule has 1 aromatic heterocycles. The highest BCUT2D eigenvalue weighted by Crippen LogP contribution is 2.15. The number of carbonyl (C=O) groups excluding carboxylic acids is 2. The van der Waals surface area contributed by atoms with Crippen molar-refractivity contribution in [1.29, 1.82) is 0 Å². The summed E-state index contributed by atoms with van der Waals surface area (Å²) in [4.78, 5) is 22.8. The molecule has 1 rings (SSSR count). The van der Waals surface area contributed by atoms with E-state index in [4.69, 9.17) is 9.84 Å². The first kappa shape index (κ1) is 18.1. The largest absolute Gasteiger partial charge is 0.468 e. The van der Waals surface area contributed by atoms with E-state index in [1.807, 2.05) is 4.72 Å². The van der Waals surface area contributed by atoms with Crippen LogP contribution in [-0.2, 0) is 31.3 Å². The molecule has 0 aromatic carbocycles. The van der Waals surface area contributed by atoms with Crippen molar-refractivity contribution in [3.05, 3.63) is 18.0 Å². The lowest BCUT2D eigenvalue weighted by molar-refractivity contribution is -0.143. The van der Waals surface area contributed by atoms with E-state index in [0.29, 0.717) is 0 Å². The van der Waals surface area contributed by atoms with Crippen LogP contribution >= 0.6 is 0 Å². The molecule has 22 heavy (non-hydrogen) atoms. The minimum atomic E-state index is -4.12. The first-order valence-electron chi connectivity index (χ1n) is 6.31. The molecule has 1 atom stereocenters. The highest BCUT2D eigenvalue weighted by Gasteiger charge is 2.28. The number of carbonyl (C=O) groups is 2. The number of sulfonamides is 1. The van der Waals surface area contributed by atoms with Crippen molar-refractivity contribution in [1.82, 2.24) is 9.29 Å². The maximum Gasteiger partial charge on any atom is 0.354 e. The number of aliphatic hydroxyl groups is 1. The second-order valence-electron chi connectivity index (χ2n) is 4.27. The standard InChI is InChI=1S/C12H18N2O7S/c1-4-21-12(17)10-5-8(6-14(10)2)22(18,19)13-9(7-15)11(16)20-3/h5-6,9,13,15H,4,7H2,1-3H3/t9-/m0/s1. The number of aryl methyl sites for hydroxylation is 1. The molecule has 0 aliphatic rings. The van der Waals surface area contributed by atoms with Crippen LogP contribution in [-0.4, -0.2) is 56.4 Å². The van der Waals surface area contributed by atoms with Gasteiger partial charge in [-0.15, -0.1) is 0 Å². The van der Waals surface area contributed by atoms with E-state index in [0.717, 1.165) is 13.2 Å². The highest BCUT2D eigenvalue weighted by atomic mass is 32.2. The Balaban J connectivity index is 3.06. The van der Waals surface area contributed by atoms with Gasteiger partial charge in [0.15, 0.2) is 0 Å². The molecule has 0 aliphatic carbocycles. The molecule has 1 aromatic rings. The second kappa shape index (κ2) is 7.38. The lowest BCUT2D eigenvalue weighted by Crippen LogP contribution is -2.43. The van der Waals surface area contributed by atoms with E-state index in [9.17, 15) is 18.0 Å². The Hall–Kier alpha value is -1.91. The first-order valence-corrected chi connectivity index (χ1v) is 7.79. The van der Waals surface area contributed by atoms with Gasteiger partial charge in [0.25, 0.3) is 0 Å². The van der Waals surface area contributed by atoms with Gasteiger partial charge in [0.2, 0.25) is 10.0 Å². The van der Waals surface area contributed by atoms with Crippen LogP contribution in [0.25, 0.3) is 0 Å². The van der Waals surface area contributed by atoms with Crippen molar-refractivity contribution < 1.29 is 32.6 Å². The normalized spacial score (nSPS) is 12.7. The predicted octanol–water partition coefficient (Wildman–Crippen LogP) is -0.986. The molecule has 0 spiro atoms. The molecular formula is C12H18N2O7S. The Morgan fingerprint density at radius 3 is 2.59 bits per heavy atom. The van der Waals surface area contributed by atoms with Crippen molar-refractivity contribution in [3.63, 3.8) is 0 Å². The Bertz CT molecular complexity index is 650. The lowest BCUT2D eigenvalue weighted by Gasteiger charge is -2.13. The zero-order valence-electron chi connectivity index (χ0n) is 12.4. The zero-order chi connectivity index (χ0) is 16.9. The number of aliphatic hydroxyl groups excluding tert-OH is 1. The van der Waals surface area contributed by atoms with E-state index in [2.05, 4.69) is 4.74 Å². The summed E-state index contributed by atoms with van der Waals surface area (Å²) in [6.07, 6.45) is 1.19. The molecule has 1 heterocycles. The molecule has 0 saturated heterocycles. The molecule has 0 radical (unpaired) electrons. The maximum atomic E-state index is 12.2. The van der Waals surface area contributed by atoms with Crippen molar-refractivity contribution in [2.75, 3.05) is 20.3 Å². The van der Waals surface area contributed by atoms with Crippen LogP contribution in [0.2, 0.25) is 0 Å². The summed E-state index contributed by atoms with van der Waals surface area (Å²) in [6.45, 7) is 1.02. The quantitative estimate of drug-likeness (QED) is 0.614. The number of nitrogens with zero attached hydrogens (tertiary/aromatic N) is 1. The van der Waals surface area contributed by atoms with Gasteiger partial charge in [-0.2, -0.15) is 4.72 Å². The van der Waals surface area contributed by atoms with Gasteiger partial charge < -0.3 is 19.1 Å². The van der Waals surface area contributed by atoms with Crippen LogP contribution in [0, 0.1) is 0 Å². The number of hydrogen-bond donors (Lipinski definition) is 2. The molecule has 2 N–H and O–H groups in total. The Kier molecular flexibility index (Phi) is 6.09. The van der Waals surface area contributed by atoms with Crippen molar-refractivity contribution in [2.24, 2.45) is 7.05 Å². The van der Waals surface area contributed by atoms with Crippen LogP contribution in [0.3, 0.4) is 0 Å². The van der Waals surface area contributed by atoms with E-state index >= 15 is 0 Å². The fourth-order valence-corrected chi connectivity index (χ4v) is 2.89. The van der Waals surface area contributed by atoms with Gasteiger partial charge in [-0.05, 0) is 13.0 Å². The summed E-state index contributed by atoms with van der Waals surface area (Å²) in [5, 5.41) is 9.05. The van der Waals surface area contributed by atoms with Gasteiger partial charge in [0.1, 0.15) is 16.6 Å². The summed E-state index contributed by atoms with van der Waals surface area (Å²) in [5.41, 5.74) is 0.0424. The van der Waals surface area contributed by atoms with Crippen LogP contribution in [0.5, 0.6) is 0 Å². The van der Waals surface area contributed by atoms with E-state index in [1.54, 1.807) is 6.92 Å². The molecule has 124 valence electrons. The number of ether oxygens (including phenoxy) is 2. The number of rotatable bonds is 7. The minimum absolute atomic E-state index is 0.0424. The number of nitrogens with one attached hydrogen (secondary N) is 1. The summed E-state index contributed by atoms with van der Waals surface area (Å²) in [5.74, 6) is -1.59. The average molecular weight is 334 g/mol. The Morgan fingerprint density at radius 2 is 2.09 bits per heavy atom. The minimum Gasteiger partial charge on any atom is -0.468 e. The first-order chi connectivity index (χ1) is 10.3. The van der Waals surface area contributed by atoms with Gasteiger partial charge in [-0.3, -0.25) is 4.79 Å². The molecule has 0 saturated carbocycles. The Morgan fingerprint density at radius 1 is 1.45 bits per heavy atom. The number of hydrogen-bond acceptors (Lipinski definition) is 7. The smallest absolute Gasteiger partial charge is 0.354 e. The third kappa shape index (κ3) is 4.06. The van der Waals surface area contributed by atoms with E-state index in [-0.39, 0.29) is 17.2 Å². The van der Waals surface area contributed by atoms with Crippen LogP contribution in [0.4, 0.5) is 0 Å². The molecule has 9 nitrogen and oxygen atoms in total. The summed E-state index contributed by atoms with van der Waals surface area (Å²) < 4.78 is 36.8. The third-order valence-electron chi connectivity index (χ3n) is 2.74. The Labute approximate surface area is 127 Å². The fraction of sp³-hybridized carbons (Fsp3) is 0.500. The van der Waals surface area contributed by atoms with Gasteiger partial charge in [-0.25, -0.2) is 13.2 Å². The van der Waals surface area contributed by atoms with Gasteiger partial charge in [0.05, 0.1) is 20.3 Å². The zero-order valence-corrected chi connectivity index (χ0v) is 13.2. The van der Waals surface area contributed by atoms with Crippen molar-refractivity contribution in [2.45, 2.75) is 17.9 Å². The molecule has 0 bridgehead atoms. The topological polar surface area (TPSA) is 124 Å². The lowest BCUT2D eigenvalue weighted by atomic mass is 10.3. The predicted molar refractivity (Wildman–Crippen MR) is 74.6 cm³/mol. The summed E-state index contributed by atoms with van der Waals surface area (Å²) in [6, 6.07) is -0.312. The molecule has 0 amide bonds.